The van der Waals surface area contributed by atoms with Gasteiger partial charge in [0.25, 0.3) is 0 Å². The monoisotopic (exact) mass is 456 g/mol. The van der Waals surface area contributed by atoms with Crippen molar-refractivity contribution >= 4 is 34.7 Å². The van der Waals surface area contributed by atoms with E-state index < -0.39 is 0 Å². The van der Waals surface area contributed by atoms with Crippen molar-refractivity contribution in [3.8, 4) is 5.88 Å². The molecule has 1 unspecified atom stereocenters. The molecule has 1 atom stereocenters. The second kappa shape index (κ2) is 9.69. The molecule has 1 aliphatic heterocycles. The molecule has 2 heterocycles. The molecule has 1 aromatic heterocycles. The highest BCUT2D eigenvalue weighted by Crippen LogP contribution is 2.31. The summed E-state index contributed by atoms with van der Waals surface area (Å²) < 4.78 is 6.00. The van der Waals surface area contributed by atoms with E-state index in [0.29, 0.717) is 40.0 Å². The number of halogens is 2. The summed E-state index contributed by atoms with van der Waals surface area (Å²) >= 11 is 12.4. The quantitative estimate of drug-likeness (QED) is 0.516. The number of aliphatic hydroxyl groups excluding tert-OH is 1. The third-order valence-corrected chi connectivity index (χ3v) is 5.95. The summed E-state index contributed by atoms with van der Waals surface area (Å²) in [5, 5.41) is 10.4. The highest BCUT2D eigenvalue weighted by molar-refractivity contribution is 6.35. The smallest absolute Gasteiger partial charge is 0.232 e. The molecule has 0 spiro atoms. The summed E-state index contributed by atoms with van der Waals surface area (Å²) in [6.45, 7) is 1.43. The van der Waals surface area contributed by atoms with Crippen LogP contribution in [0.5, 0.6) is 5.88 Å². The molecule has 0 radical (unpaired) electrons. The van der Waals surface area contributed by atoms with E-state index in [1.54, 1.807) is 48.7 Å². The molecule has 31 heavy (non-hydrogen) atoms. The molecular weight excluding hydrogens is 435 g/mol. The number of aromatic nitrogens is 1. The van der Waals surface area contributed by atoms with Gasteiger partial charge < -0.3 is 14.7 Å². The van der Waals surface area contributed by atoms with E-state index >= 15 is 0 Å². The molecule has 0 bridgehead atoms. The van der Waals surface area contributed by atoms with Gasteiger partial charge in [0, 0.05) is 42.6 Å². The molecular formula is C24H22Cl2N2O3. The van der Waals surface area contributed by atoms with Crippen molar-refractivity contribution in [2.75, 3.05) is 24.6 Å². The van der Waals surface area contributed by atoms with Crippen LogP contribution in [0.2, 0.25) is 10.0 Å². The van der Waals surface area contributed by atoms with E-state index in [2.05, 4.69) is 9.88 Å². The summed E-state index contributed by atoms with van der Waals surface area (Å²) in [4.78, 5) is 19.4. The maximum Gasteiger partial charge on any atom is 0.232 e. The maximum atomic E-state index is 13.0. The van der Waals surface area contributed by atoms with Gasteiger partial charge in [-0.15, -0.1) is 0 Å². The fourth-order valence-electron chi connectivity index (χ4n) is 3.79. The van der Waals surface area contributed by atoms with Crippen molar-refractivity contribution in [3.63, 3.8) is 0 Å². The Balaban J connectivity index is 1.58. The van der Waals surface area contributed by atoms with E-state index in [-0.39, 0.29) is 18.5 Å². The lowest BCUT2D eigenvalue weighted by Gasteiger charge is -2.23. The van der Waals surface area contributed by atoms with Gasteiger partial charge >= 0.3 is 0 Å². The Morgan fingerprint density at radius 1 is 1.13 bits per heavy atom. The number of hydrogen-bond acceptors (Lipinski definition) is 5. The third kappa shape index (κ3) is 4.85. The molecule has 0 amide bonds. The topological polar surface area (TPSA) is 62.7 Å². The van der Waals surface area contributed by atoms with Gasteiger partial charge in [-0.05, 0) is 42.3 Å². The Morgan fingerprint density at radius 2 is 1.94 bits per heavy atom. The number of ketones is 1. The average molecular weight is 457 g/mol. The minimum Gasteiger partial charge on any atom is -0.471 e. The Morgan fingerprint density at radius 3 is 2.71 bits per heavy atom. The molecule has 1 N–H and O–H groups in total. The van der Waals surface area contributed by atoms with Gasteiger partial charge in [0.2, 0.25) is 5.88 Å². The van der Waals surface area contributed by atoms with E-state index in [9.17, 15) is 9.90 Å². The number of aliphatic hydroxyl groups is 1. The summed E-state index contributed by atoms with van der Waals surface area (Å²) in [5.41, 5.74) is 2.93. The van der Waals surface area contributed by atoms with Gasteiger partial charge in [-0.1, -0.05) is 47.5 Å². The van der Waals surface area contributed by atoms with Gasteiger partial charge in [0.15, 0.2) is 5.78 Å². The predicted octanol–water partition coefficient (Wildman–Crippen LogP) is 4.81. The molecule has 5 nitrogen and oxygen atoms in total. The molecule has 2 aromatic carbocycles. The van der Waals surface area contributed by atoms with Crippen molar-refractivity contribution in [2.24, 2.45) is 0 Å². The average Bonchev–Trinajstić information content (AvgIpc) is 3.24. The van der Waals surface area contributed by atoms with Crippen LogP contribution in [-0.4, -0.2) is 41.7 Å². The Labute approximate surface area is 191 Å². The van der Waals surface area contributed by atoms with Gasteiger partial charge in [-0.3, -0.25) is 4.79 Å². The normalized spacial score (nSPS) is 15.8. The lowest BCUT2D eigenvalue weighted by atomic mass is 9.99. The van der Waals surface area contributed by atoms with E-state index in [1.807, 2.05) is 12.1 Å². The highest BCUT2D eigenvalue weighted by atomic mass is 35.5. The van der Waals surface area contributed by atoms with E-state index in [0.717, 1.165) is 24.2 Å². The minimum atomic E-state index is -0.130. The van der Waals surface area contributed by atoms with Crippen molar-refractivity contribution < 1.29 is 14.6 Å². The number of carbonyl (C=O) groups is 1. The first-order valence-electron chi connectivity index (χ1n) is 10.1. The van der Waals surface area contributed by atoms with Crippen molar-refractivity contribution in [1.82, 2.24) is 4.98 Å². The van der Waals surface area contributed by atoms with Crippen molar-refractivity contribution in [3.05, 3.63) is 87.5 Å². The molecule has 7 heteroatoms. The van der Waals surface area contributed by atoms with Crippen LogP contribution in [0.15, 0.2) is 60.8 Å². The fraction of sp³-hybridized carbons (Fsp3) is 0.250. The molecule has 3 aromatic rings. The highest BCUT2D eigenvalue weighted by Gasteiger charge is 2.27. The van der Waals surface area contributed by atoms with Crippen LogP contribution in [0.25, 0.3) is 0 Å². The van der Waals surface area contributed by atoms with Gasteiger partial charge in [-0.25, -0.2) is 4.98 Å². The minimum absolute atomic E-state index is 0.0299. The summed E-state index contributed by atoms with van der Waals surface area (Å²) in [5.74, 6) is 0.295. The molecule has 4 rings (SSSR count). The number of ether oxygens (including phenoxy) is 1. The number of pyridine rings is 1. The summed E-state index contributed by atoms with van der Waals surface area (Å²) in [7, 11) is 0. The lowest BCUT2D eigenvalue weighted by molar-refractivity contribution is 0.103. The standard InChI is InChI=1S/C24H22Cl2N2O3/c25-20-5-2-1-4-19(20)23(30)17-8-7-16(10-13-29)22(14-17)28-12-9-18(15-28)31-24-21(26)6-3-11-27-24/h1-8,11,14,18,29H,9-10,12-13,15H2. The van der Waals surface area contributed by atoms with Crippen LogP contribution >= 0.6 is 23.2 Å². The summed E-state index contributed by atoms with van der Waals surface area (Å²) in [6.07, 6.45) is 2.88. The van der Waals surface area contributed by atoms with Crippen LogP contribution in [-0.2, 0) is 6.42 Å². The van der Waals surface area contributed by atoms with Crippen molar-refractivity contribution in [2.45, 2.75) is 18.9 Å². The second-order valence-corrected chi connectivity index (χ2v) is 8.21. The number of nitrogens with zero attached hydrogens (tertiary/aromatic N) is 2. The Kier molecular flexibility index (Phi) is 6.76. The zero-order valence-electron chi connectivity index (χ0n) is 16.8. The number of anilines is 1. The third-order valence-electron chi connectivity index (χ3n) is 5.34. The first-order chi connectivity index (χ1) is 15.1. The maximum absolute atomic E-state index is 13.0. The zero-order chi connectivity index (χ0) is 21.8. The van der Waals surface area contributed by atoms with Gasteiger partial charge in [-0.2, -0.15) is 0 Å². The number of carbonyl (C=O) groups excluding carboxylic acids is 1. The van der Waals surface area contributed by atoms with Crippen LogP contribution in [0.1, 0.15) is 27.9 Å². The summed E-state index contributed by atoms with van der Waals surface area (Å²) in [6, 6.07) is 16.1. The first-order valence-corrected chi connectivity index (χ1v) is 10.9. The van der Waals surface area contributed by atoms with Crippen molar-refractivity contribution in [1.29, 1.82) is 0 Å². The Hall–Kier alpha value is -2.60. The van der Waals surface area contributed by atoms with Gasteiger partial charge in [0.05, 0.1) is 11.6 Å². The molecule has 0 aliphatic carbocycles. The largest absolute Gasteiger partial charge is 0.471 e. The van der Waals surface area contributed by atoms with Crippen LogP contribution < -0.4 is 9.64 Å². The second-order valence-electron chi connectivity index (χ2n) is 7.39. The number of hydrogen-bond donors (Lipinski definition) is 1. The molecule has 1 fully saturated rings. The van der Waals surface area contributed by atoms with E-state index in [4.69, 9.17) is 27.9 Å². The zero-order valence-corrected chi connectivity index (χ0v) is 18.3. The van der Waals surface area contributed by atoms with Crippen LogP contribution in [0, 0.1) is 0 Å². The predicted molar refractivity (Wildman–Crippen MR) is 123 cm³/mol. The van der Waals surface area contributed by atoms with Crippen LogP contribution in [0.4, 0.5) is 5.69 Å². The fourth-order valence-corrected chi connectivity index (χ4v) is 4.18. The van der Waals surface area contributed by atoms with Gasteiger partial charge in [0.1, 0.15) is 11.1 Å². The van der Waals surface area contributed by atoms with E-state index in [1.165, 1.54) is 0 Å². The molecule has 0 saturated carbocycles. The SMILES string of the molecule is O=C(c1ccc(CCO)c(N2CCC(Oc3ncccc3Cl)C2)c1)c1ccccc1Cl. The Bertz CT molecular complexity index is 1090. The lowest BCUT2D eigenvalue weighted by Crippen LogP contribution is -2.26. The molecule has 1 saturated heterocycles. The molecule has 160 valence electrons. The number of rotatable bonds is 7. The first kappa shape index (κ1) is 21.6. The number of benzene rings is 2. The van der Waals surface area contributed by atoms with Crippen LogP contribution in [0.3, 0.4) is 0 Å². The molecule has 1 aliphatic rings.